The molecule has 0 aliphatic carbocycles. The maximum atomic E-state index is 12.7. The molecular weight excluding hydrogens is 344 g/mol. The number of nitrogens with zero attached hydrogens (tertiary/aromatic N) is 3. The monoisotopic (exact) mass is 366 g/mol. The number of thiophene rings is 1. The highest BCUT2D eigenvalue weighted by molar-refractivity contribution is 7.19. The van der Waals surface area contributed by atoms with E-state index < -0.39 is 0 Å². The van der Waals surface area contributed by atoms with Crippen LogP contribution in [-0.4, -0.2) is 46.3 Å². The average Bonchev–Trinajstić information content (AvgIpc) is 3.18. The Morgan fingerprint density at radius 2 is 2.29 bits per heavy atom. The highest BCUT2D eigenvalue weighted by Gasteiger charge is 2.23. The first-order chi connectivity index (χ1) is 11.6. The lowest BCUT2D eigenvalue weighted by Crippen LogP contribution is -2.46. The van der Waals surface area contributed by atoms with Crippen LogP contribution in [0.2, 0.25) is 4.34 Å². The molecule has 1 aliphatic heterocycles. The number of halogens is 1. The molecule has 1 N–H and O–H groups in total. The fourth-order valence-corrected chi connectivity index (χ4v) is 4.33. The molecule has 3 heterocycles. The minimum Gasteiger partial charge on any atom is -0.350 e. The third-order valence-electron chi connectivity index (χ3n) is 4.53. The first-order valence-corrected chi connectivity index (χ1v) is 9.59. The number of rotatable bonds is 5. The highest BCUT2D eigenvalue weighted by Crippen LogP contribution is 2.32. The number of nitrogens with one attached hydrogen (secondary N) is 1. The van der Waals surface area contributed by atoms with Crippen molar-refractivity contribution in [1.29, 1.82) is 0 Å². The van der Waals surface area contributed by atoms with E-state index in [9.17, 15) is 4.79 Å². The van der Waals surface area contributed by atoms with Gasteiger partial charge in [0.15, 0.2) is 0 Å². The molecule has 3 rings (SSSR count). The van der Waals surface area contributed by atoms with Crippen LogP contribution in [0.25, 0.3) is 10.6 Å². The summed E-state index contributed by atoms with van der Waals surface area (Å²) in [5.74, 6) is -0.0655. The number of hydrogen-bond acceptors (Lipinski definition) is 4. The number of piperidine rings is 1. The Morgan fingerprint density at radius 1 is 1.46 bits per heavy atom. The van der Waals surface area contributed by atoms with E-state index in [0.717, 1.165) is 24.4 Å². The molecular formula is C17H23ClN4OS. The van der Waals surface area contributed by atoms with Crippen molar-refractivity contribution < 1.29 is 4.79 Å². The molecule has 0 spiro atoms. The van der Waals surface area contributed by atoms with Crippen molar-refractivity contribution in [1.82, 2.24) is 20.0 Å². The summed E-state index contributed by atoms with van der Waals surface area (Å²) in [7, 11) is 1.83. The first kappa shape index (κ1) is 17.5. The van der Waals surface area contributed by atoms with Gasteiger partial charge in [0.25, 0.3) is 5.91 Å². The zero-order valence-corrected chi connectivity index (χ0v) is 15.7. The molecule has 1 saturated heterocycles. The summed E-state index contributed by atoms with van der Waals surface area (Å²) in [5.41, 5.74) is 1.30. The lowest BCUT2D eigenvalue weighted by molar-refractivity contribution is 0.0918. The summed E-state index contributed by atoms with van der Waals surface area (Å²) in [6, 6.07) is 4.18. The predicted molar refractivity (Wildman–Crippen MR) is 98.8 cm³/mol. The van der Waals surface area contributed by atoms with Crippen LogP contribution >= 0.6 is 22.9 Å². The Morgan fingerprint density at radius 3 is 3.00 bits per heavy atom. The Bertz CT molecular complexity index is 711. The maximum Gasteiger partial charge on any atom is 0.255 e. The summed E-state index contributed by atoms with van der Waals surface area (Å²) in [4.78, 5) is 16.1. The lowest BCUT2D eigenvalue weighted by Gasteiger charge is -2.34. The lowest BCUT2D eigenvalue weighted by atomic mass is 10.0. The van der Waals surface area contributed by atoms with Crippen molar-refractivity contribution in [2.75, 3.05) is 19.6 Å². The smallest absolute Gasteiger partial charge is 0.255 e. The molecule has 0 radical (unpaired) electrons. The van der Waals surface area contributed by atoms with Crippen molar-refractivity contribution in [3.8, 4) is 10.6 Å². The minimum atomic E-state index is -0.0655. The van der Waals surface area contributed by atoms with Crippen LogP contribution in [0.15, 0.2) is 18.3 Å². The van der Waals surface area contributed by atoms with Crippen molar-refractivity contribution >= 4 is 28.8 Å². The van der Waals surface area contributed by atoms with E-state index in [2.05, 4.69) is 22.2 Å². The fraction of sp³-hybridized carbons (Fsp3) is 0.529. The van der Waals surface area contributed by atoms with Crippen LogP contribution in [0.5, 0.6) is 0 Å². The van der Waals surface area contributed by atoms with Crippen LogP contribution in [0, 0.1) is 0 Å². The largest absolute Gasteiger partial charge is 0.350 e. The topological polar surface area (TPSA) is 50.2 Å². The van der Waals surface area contributed by atoms with E-state index in [0.29, 0.717) is 28.2 Å². The second-order valence-corrected chi connectivity index (χ2v) is 7.87. The maximum absolute atomic E-state index is 12.7. The van der Waals surface area contributed by atoms with Gasteiger partial charge in [-0.25, -0.2) is 0 Å². The standard InChI is InChI=1S/C17H23ClN4OS/c1-3-22-9-5-4-6-12(22)10-19-17(23)13-11-21(2)20-16(13)14-7-8-15(18)24-14/h7-8,11-12H,3-6,9-10H2,1-2H3,(H,19,23). The molecule has 0 saturated carbocycles. The molecule has 130 valence electrons. The zero-order valence-electron chi connectivity index (χ0n) is 14.1. The SMILES string of the molecule is CCN1CCCCC1CNC(=O)c1cn(C)nc1-c1ccc(Cl)s1. The summed E-state index contributed by atoms with van der Waals surface area (Å²) < 4.78 is 2.37. The number of carbonyl (C=O) groups excluding carboxylic acids is 1. The van der Waals surface area contributed by atoms with Crippen molar-refractivity contribution in [3.05, 3.63) is 28.2 Å². The number of aromatic nitrogens is 2. The van der Waals surface area contributed by atoms with Crippen molar-refractivity contribution in [2.45, 2.75) is 32.2 Å². The molecule has 0 aromatic carbocycles. The van der Waals surface area contributed by atoms with E-state index in [1.54, 1.807) is 10.9 Å². The molecule has 0 bridgehead atoms. The number of likely N-dealkylation sites (tertiary alicyclic amines) is 1. The molecule has 2 aromatic heterocycles. The van der Waals surface area contributed by atoms with Gasteiger partial charge in [-0.2, -0.15) is 5.10 Å². The van der Waals surface area contributed by atoms with Crippen molar-refractivity contribution in [2.24, 2.45) is 7.05 Å². The predicted octanol–water partition coefficient (Wildman–Crippen LogP) is 3.41. The normalized spacial score (nSPS) is 18.7. The van der Waals surface area contributed by atoms with Gasteiger partial charge in [0.05, 0.1) is 14.8 Å². The average molecular weight is 367 g/mol. The second kappa shape index (κ2) is 7.68. The first-order valence-electron chi connectivity index (χ1n) is 8.40. The van der Waals surface area contributed by atoms with Gasteiger partial charge in [-0.05, 0) is 38.1 Å². The third kappa shape index (κ3) is 3.82. The van der Waals surface area contributed by atoms with Gasteiger partial charge in [0, 0.05) is 25.8 Å². The number of hydrogen-bond donors (Lipinski definition) is 1. The van der Waals surface area contributed by atoms with Crippen LogP contribution in [0.3, 0.4) is 0 Å². The molecule has 2 aromatic rings. The summed E-state index contributed by atoms with van der Waals surface area (Å²) in [6.07, 6.45) is 5.42. The summed E-state index contributed by atoms with van der Waals surface area (Å²) >= 11 is 7.46. The van der Waals surface area contributed by atoms with E-state index in [4.69, 9.17) is 11.6 Å². The van der Waals surface area contributed by atoms with Gasteiger partial charge < -0.3 is 5.32 Å². The molecule has 7 heteroatoms. The Labute approximate surface area is 151 Å². The highest BCUT2D eigenvalue weighted by atomic mass is 35.5. The zero-order chi connectivity index (χ0) is 17.1. The third-order valence-corrected chi connectivity index (χ3v) is 5.77. The number of amides is 1. The molecule has 1 fully saturated rings. The van der Waals surface area contributed by atoms with Gasteiger partial charge >= 0.3 is 0 Å². The quantitative estimate of drug-likeness (QED) is 0.882. The Hall–Kier alpha value is -1.37. The second-order valence-electron chi connectivity index (χ2n) is 6.16. The molecule has 1 amide bonds. The van der Waals surface area contributed by atoms with Gasteiger partial charge in [-0.3, -0.25) is 14.4 Å². The summed E-state index contributed by atoms with van der Waals surface area (Å²) in [6.45, 7) is 5.03. The van der Waals surface area contributed by atoms with Gasteiger partial charge in [-0.1, -0.05) is 24.9 Å². The Balaban J connectivity index is 1.71. The van der Waals surface area contributed by atoms with E-state index in [1.165, 1.54) is 24.2 Å². The van der Waals surface area contributed by atoms with Crippen LogP contribution in [0.1, 0.15) is 36.5 Å². The molecule has 5 nitrogen and oxygen atoms in total. The molecule has 24 heavy (non-hydrogen) atoms. The Kier molecular flexibility index (Phi) is 5.58. The molecule has 1 aliphatic rings. The van der Waals surface area contributed by atoms with E-state index in [1.807, 2.05) is 19.2 Å². The van der Waals surface area contributed by atoms with Gasteiger partial charge in [0.1, 0.15) is 5.69 Å². The van der Waals surface area contributed by atoms with Gasteiger partial charge in [-0.15, -0.1) is 11.3 Å². The number of likely N-dealkylation sites (N-methyl/N-ethyl adjacent to an activating group) is 1. The van der Waals surface area contributed by atoms with E-state index >= 15 is 0 Å². The minimum absolute atomic E-state index is 0.0655. The van der Waals surface area contributed by atoms with Crippen LogP contribution < -0.4 is 5.32 Å². The van der Waals surface area contributed by atoms with Crippen molar-refractivity contribution in [3.63, 3.8) is 0 Å². The van der Waals surface area contributed by atoms with Crippen LogP contribution in [-0.2, 0) is 7.05 Å². The number of aryl methyl sites for hydroxylation is 1. The van der Waals surface area contributed by atoms with Gasteiger partial charge in [0.2, 0.25) is 0 Å². The van der Waals surface area contributed by atoms with E-state index in [-0.39, 0.29) is 5.91 Å². The fourth-order valence-electron chi connectivity index (χ4n) is 3.29. The number of carbonyl (C=O) groups is 1. The summed E-state index contributed by atoms with van der Waals surface area (Å²) in [5, 5.41) is 7.54. The molecule has 1 atom stereocenters. The molecule has 1 unspecified atom stereocenters. The van der Waals surface area contributed by atoms with Crippen LogP contribution in [0.4, 0.5) is 0 Å².